The second-order valence-corrected chi connectivity index (χ2v) is 8.45. The SMILES string of the molecule is CC(=O)OCC1CN(c2sc(C(N)=NC=N)c(-c3ccc(Cl)cc3Cl)c2C#N)CCO1. The fourth-order valence-corrected chi connectivity index (χ4v) is 4.93. The van der Waals surface area contributed by atoms with E-state index in [1.165, 1.54) is 18.3 Å². The summed E-state index contributed by atoms with van der Waals surface area (Å²) in [5.41, 5.74) is 7.65. The molecular formula is C20H19Cl2N5O3S. The molecule has 0 amide bonds. The Balaban J connectivity index is 2.10. The number of esters is 1. The van der Waals surface area contributed by atoms with Crippen LogP contribution in [0.25, 0.3) is 11.1 Å². The minimum atomic E-state index is -0.382. The van der Waals surface area contributed by atoms with Gasteiger partial charge in [0, 0.05) is 41.2 Å². The van der Waals surface area contributed by atoms with E-state index in [4.69, 9.17) is 43.8 Å². The molecule has 0 aliphatic carbocycles. The lowest BCUT2D eigenvalue weighted by atomic mass is 10.0. The first kappa shape index (κ1) is 23.0. The van der Waals surface area contributed by atoms with Crippen LogP contribution in [0.4, 0.5) is 5.00 Å². The number of carbonyl (C=O) groups is 1. The number of halogens is 2. The van der Waals surface area contributed by atoms with E-state index in [-0.39, 0.29) is 24.5 Å². The number of anilines is 1. The molecule has 0 radical (unpaired) electrons. The fourth-order valence-electron chi connectivity index (χ4n) is 3.22. The van der Waals surface area contributed by atoms with Crippen molar-refractivity contribution in [1.82, 2.24) is 0 Å². The first-order valence-electron chi connectivity index (χ1n) is 9.20. The number of nitrogens with one attached hydrogen (secondary N) is 1. The zero-order valence-electron chi connectivity index (χ0n) is 16.5. The number of hydrogen-bond donors (Lipinski definition) is 2. The number of nitrogens with two attached hydrogens (primary N) is 1. The maximum atomic E-state index is 11.1. The highest BCUT2D eigenvalue weighted by Crippen LogP contribution is 2.44. The third-order valence-electron chi connectivity index (χ3n) is 4.54. The Kier molecular flexibility index (Phi) is 7.51. The summed E-state index contributed by atoms with van der Waals surface area (Å²) in [5.74, 6) is -0.277. The Hall–Kier alpha value is -2.64. The average molecular weight is 480 g/mol. The first-order valence-corrected chi connectivity index (χ1v) is 10.8. The van der Waals surface area contributed by atoms with Gasteiger partial charge in [-0.2, -0.15) is 5.26 Å². The summed E-state index contributed by atoms with van der Waals surface area (Å²) < 4.78 is 10.8. The van der Waals surface area contributed by atoms with E-state index in [1.54, 1.807) is 18.2 Å². The highest BCUT2D eigenvalue weighted by atomic mass is 35.5. The number of amidine groups is 1. The van der Waals surface area contributed by atoms with E-state index in [2.05, 4.69) is 11.1 Å². The standard InChI is InChI=1S/C20H19Cl2N5O3S/c1-11(28)30-9-13-8-27(4-5-29-13)20-15(7-23)17(18(31-20)19(25)26-10-24)14-3-2-12(21)6-16(14)22/h2-3,6,10,13H,4-5,8-9H2,1H3,(H3,24,25,26). The van der Waals surface area contributed by atoms with E-state index in [9.17, 15) is 10.1 Å². The average Bonchev–Trinajstić information content (AvgIpc) is 3.12. The molecule has 1 atom stereocenters. The summed E-state index contributed by atoms with van der Waals surface area (Å²) in [4.78, 5) is 17.6. The number of aliphatic imine (C=N–C) groups is 1. The van der Waals surface area contributed by atoms with Gasteiger partial charge in [0.25, 0.3) is 0 Å². The topological polar surface area (TPSA) is 125 Å². The number of carbonyl (C=O) groups excluding carboxylic acids is 1. The largest absolute Gasteiger partial charge is 0.463 e. The Labute approximate surface area is 193 Å². The molecule has 1 aromatic heterocycles. The molecule has 1 aliphatic heterocycles. The van der Waals surface area contributed by atoms with Crippen LogP contribution in [0.5, 0.6) is 0 Å². The molecule has 1 aromatic carbocycles. The summed E-state index contributed by atoms with van der Waals surface area (Å²) in [6, 6.07) is 7.26. The molecule has 1 saturated heterocycles. The van der Waals surface area contributed by atoms with Crippen molar-refractivity contribution in [3.8, 4) is 17.2 Å². The summed E-state index contributed by atoms with van der Waals surface area (Å²) in [5, 5.41) is 18.8. The van der Waals surface area contributed by atoms with Crippen LogP contribution in [0, 0.1) is 16.7 Å². The van der Waals surface area contributed by atoms with Crippen molar-refractivity contribution < 1.29 is 14.3 Å². The normalized spacial score (nSPS) is 16.6. The van der Waals surface area contributed by atoms with Crippen molar-refractivity contribution in [2.24, 2.45) is 10.7 Å². The first-order chi connectivity index (χ1) is 14.8. The van der Waals surface area contributed by atoms with Crippen molar-refractivity contribution in [3.63, 3.8) is 0 Å². The third-order valence-corrected chi connectivity index (χ3v) is 6.36. The Morgan fingerprint density at radius 3 is 2.97 bits per heavy atom. The van der Waals surface area contributed by atoms with Gasteiger partial charge in [0.2, 0.25) is 0 Å². The highest BCUT2D eigenvalue weighted by Gasteiger charge is 2.30. The lowest BCUT2D eigenvalue weighted by Crippen LogP contribution is -2.44. The summed E-state index contributed by atoms with van der Waals surface area (Å²) in [6.07, 6.45) is 0.516. The fraction of sp³-hybridized carbons (Fsp3) is 0.300. The summed E-state index contributed by atoms with van der Waals surface area (Å²) >= 11 is 13.8. The number of ether oxygens (including phenoxy) is 2. The van der Waals surface area contributed by atoms with Crippen LogP contribution in [0.15, 0.2) is 23.2 Å². The third kappa shape index (κ3) is 5.17. The molecule has 0 saturated carbocycles. The summed E-state index contributed by atoms with van der Waals surface area (Å²) in [6.45, 7) is 2.84. The van der Waals surface area contributed by atoms with Crippen LogP contribution >= 0.6 is 34.5 Å². The van der Waals surface area contributed by atoms with Gasteiger partial charge in [-0.3, -0.25) is 10.2 Å². The van der Waals surface area contributed by atoms with Crippen LogP contribution in [-0.2, 0) is 14.3 Å². The second kappa shape index (κ2) is 10.1. The minimum Gasteiger partial charge on any atom is -0.463 e. The van der Waals surface area contributed by atoms with Gasteiger partial charge < -0.3 is 20.1 Å². The van der Waals surface area contributed by atoms with Gasteiger partial charge in [-0.15, -0.1) is 11.3 Å². The number of rotatable bonds is 6. The number of benzene rings is 1. The monoisotopic (exact) mass is 479 g/mol. The smallest absolute Gasteiger partial charge is 0.302 e. The minimum absolute atomic E-state index is 0.105. The predicted molar refractivity (Wildman–Crippen MR) is 123 cm³/mol. The molecule has 162 valence electrons. The van der Waals surface area contributed by atoms with Crippen molar-refractivity contribution in [2.75, 3.05) is 31.2 Å². The van der Waals surface area contributed by atoms with E-state index >= 15 is 0 Å². The van der Waals surface area contributed by atoms with Crippen molar-refractivity contribution in [2.45, 2.75) is 13.0 Å². The van der Waals surface area contributed by atoms with Crippen LogP contribution in [0.2, 0.25) is 10.0 Å². The van der Waals surface area contributed by atoms with Crippen molar-refractivity contribution in [1.29, 1.82) is 10.7 Å². The molecule has 11 heteroatoms. The van der Waals surface area contributed by atoms with Gasteiger partial charge >= 0.3 is 5.97 Å². The molecule has 1 unspecified atom stereocenters. The Morgan fingerprint density at radius 2 is 2.32 bits per heavy atom. The van der Waals surface area contributed by atoms with Gasteiger partial charge in [0.1, 0.15) is 36.0 Å². The summed E-state index contributed by atoms with van der Waals surface area (Å²) in [7, 11) is 0. The Bertz CT molecular complexity index is 1080. The Morgan fingerprint density at radius 1 is 1.55 bits per heavy atom. The number of morpholine rings is 1. The van der Waals surface area contributed by atoms with Crippen LogP contribution in [0.3, 0.4) is 0 Å². The molecular weight excluding hydrogens is 461 g/mol. The van der Waals surface area contributed by atoms with Gasteiger partial charge in [-0.1, -0.05) is 29.3 Å². The van der Waals surface area contributed by atoms with Crippen LogP contribution in [0.1, 0.15) is 17.4 Å². The van der Waals surface area contributed by atoms with Crippen molar-refractivity contribution in [3.05, 3.63) is 38.7 Å². The predicted octanol–water partition coefficient (Wildman–Crippen LogP) is 3.67. The number of hydrogen-bond acceptors (Lipinski definition) is 7. The van der Waals surface area contributed by atoms with E-state index in [1.807, 2.05) is 4.90 Å². The van der Waals surface area contributed by atoms with Gasteiger partial charge in [0.15, 0.2) is 0 Å². The lowest BCUT2D eigenvalue weighted by Gasteiger charge is -2.33. The zero-order chi connectivity index (χ0) is 22.5. The quantitative estimate of drug-likeness (QED) is 0.369. The molecule has 31 heavy (non-hydrogen) atoms. The van der Waals surface area contributed by atoms with Gasteiger partial charge in [-0.05, 0) is 12.1 Å². The maximum absolute atomic E-state index is 11.1. The molecule has 1 fully saturated rings. The molecule has 2 heterocycles. The van der Waals surface area contributed by atoms with Crippen LogP contribution < -0.4 is 10.6 Å². The highest BCUT2D eigenvalue weighted by molar-refractivity contribution is 7.19. The number of nitriles is 1. The van der Waals surface area contributed by atoms with E-state index < -0.39 is 0 Å². The molecule has 3 rings (SSSR count). The van der Waals surface area contributed by atoms with Crippen LogP contribution in [-0.4, -0.2) is 50.6 Å². The molecule has 2 aromatic rings. The lowest BCUT2D eigenvalue weighted by molar-refractivity contribution is -0.145. The molecule has 1 aliphatic rings. The number of nitrogens with zero attached hydrogens (tertiary/aromatic N) is 3. The maximum Gasteiger partial charge on any atom is 0.302 e. The molecule has 0 bridgehead atoms. The van der Waals surface area contributed by atoms with Gasteiger partial charge in [-0.25, -0.2) is 4.99 Å². The molecule has 8 nitrogen and oxygen atoms in total. The van der Waals surface area contributed by atoms with E-state index in [0.717, 1.165) is 6.34 Å². The van der Waals surface area contributed by atoms with Crippen molar-refractivity contribution >= 4 is 57.7 Å². The molecule has 3 N–H and O–H groups in total. The number of thiophene rings is 1. The van der Waals surface area contributed by atoms with E-state index in [0.29, 0.717) is 56.3 Å². The molecule has 0 spiro atoms. The van der Waals surface area contributed by atoms with Gasteiger partial charge in [0.05, 0.1) is 17.0 Å². The zero-order valence-corrected chi connectivity index (χ0v) is 18.9. The second-order valence-electron chi connectivity index (χ2n) is 6.61.